The number of ether oxygens (including phenoxy) is 1. The van der Waals surface area contributed by atoms with Gasteiger partial charge in [-0.15, -0.1) is 11.3 Å². The zero-order valence-electron chi connectivity index (χ0n) is 17.3. The molecule has 2 aromatic heterocycles. The summed E-state index contributed by atoms with van der Waals surface area (Å²) < 4.78 is 10.7. The average molecular weight is 427 g/mol. The molecule has 1 amide bonds. The number of nitrogens with zero attached hydrogens (tertiary/aromatic N) is 4. The summed E-state index contributed by atoms with van der Waals surface area (Å²) in [6.45, 7) is 6.11. The highest BCUT2D eigenvalue weighted by Gasteiger charge is 2.24. The van der Waals surface area contributed by atoms with Gasteiger partial charge in [0, 0.05) is 32.6 Å². The Hall–Kier alpha value is -2.71. The van der Waals surface area contributed by atoms with Crippen LogP contribution in [0.25, 0.3) is 10.7 Å². The molecule has 30 heavy (non-hydrogen) atoms. The van der Waals surface area contributed by atoms with Gasteiger partial charge in [0.05, 0.1) is 17.6 Å². The van der Waals surface area contributed by atoms with E-state index in [0.29, 0.717) is 23.0 Å². The lowest BCUT2D eigenvalue weighted by molar-refractivity contribution is 0.0632. The lowest BCUT2D eigenvalue weighted by atomic mass is 10.1. The van der Waals surface area contributed by atoms with Crippen molar-refractivity contribution in [3.63, 3.8) is 0 Å². The SMILES string of the molecule is COc1ccc(C)cc1C(=O)N1CCN(CCCc2nc(-c3cccs3)no2)CC1. The number of benzene rings is 1. The summed E-state index contributed by atoms with van der Waals surface area (Å²) in [7, 11) is 1.60. The van der Waals surface area contributed by atoms with Crippen molar-refractivity contribution in [2.75, 3.05) is 39.8 Å². The van der Waals surface area contributed by atoms with E-state index in [0.717, 1.165) is 56.0 Å². The Morgan fingerprint density at radius 1 is 1.23 bits per heavy atom. The van der Waals surface area contributed by atoms with Gasteiger partial charge in [0.1, 0.15) is 5.75 Å². The third kappa shape index (κ3) is 4.71. The molecule has 0 spiro atoms. The number of methoxy groups -OCH3 is 1. The van der Waals surface area contributed by atoms with Crippen LogP contribution in [0, 0.1) is 6.92 Å². The largest absolute Gasteiger partial charge is 0.496 e. The van der Waals surface area contributed by atoms with Crippen LogP contribution >= 0.6 is 11.3 Å². The number of carbonyl (C=O) groups is 1. The van der Waals surface area contributed by atoms with Crippen LogP contribution < -0.4 is 4.74 Å². The van der Waals surface area contributed by atoms with Gasteiger partial charge in [0.2, 0.25) is 11.7 Å². The van der Waals surface area contributed by atoms with Crippen molar-refractivity contribution in [1.29, 1.82) is 0 Å². The molecule has 0 saturated carbocycles. The van der Waals surface area contributed by atoms with Crippen LogP contribution in [0.4, 0.5) is 0 Å². The Bertz CT molecular complexity index is 978. The number of aryl methyl sites for hydroxylation is 2. The molecule has 0 radical (unpaired) electrons. The first-order valence-corrected chi connectivity index (χ1v) is 11.0. The number of piperazine rings is 1. The van der Waals surface area contributed by atoms with Gasteiger partial charge >= 0.3 is 0 Å². The van der Waals surface area contributed by atoms with Crippen LogP contribution in [0.15, 0.2) is 40.2 Å². The van der Waals surface area contributed by atoms with E-state index in [1.54, 1.807) is 18.4 Å². The Kier molecular flexibility index (Phi) is 6.44. The van der Waals surface area contributed by atoms with Gasteiger partial charge in [0.15, 0.2) is 0 Å². The quantitative estimate of drug-likeness (QED) is 0.576. The lowest BCUT2D eigenvalue weighted by Gasteiger charge is -2.35. The topological polar surface area (TPSA) is 71.7 Å². The minimum atomic E-state index is 0.0437. The van der Waals surface area contributed by atoms with Gasteiger partial charge < -0.3 is 14.2 Å². The molecule has 1 aliphatic heterocycles. The van der Waals surface area contributed by atoms with E-state index in [4.69, 9.17) is 9.26 Å². The number of amides is 1. The Balaban J connectivity index is 1.24. The van der Waals surface area contributed by atoms with E-state index >= 15 is 0 Å². The first-order chi connectivity index (χ1) is 14.6. The monoisotopic (exact) mass is 426 g/mol. The predicted octanol–water partition coefficient (Wildman–Crippen LogP) is 3.51. The highest BCUT2D eigenvalue weighted by Crippen LogP contribution is 2.23. The molecular formula is C22H26N4O3S. The molecule has 3 aromatic rings. The molecule has 7 nitrogen and oxygen atoms in total. The van der Waals surface area contributed by atoms with Crippen molar-refractivity contribution >= 4 is 17.2 Å². The minimum Gasteiger partial charge on any atom is -0.496 e. The Morgan fingerprint density at radius 2 is 2.07 bits per heavy atom. The van der Waals surface area contributed by atoms with E-state index in [-0.39, 0.29) is 5.91 Å². The van der Waals surface area contributed by atoms with Crippen molar-refractivity contribution in [2.45, 2.75) is 19.8 Å². The molecule has 1 saturated heterocycles. The highest BCUT2D eigenvalue weighted by atomic mass is 32.1. The molecule has 0 bridgehead atoms. The molecule has 0 unspecified atom stereocenters. The van der Waals surface area contributed by atoms with E-state index < -0.39 is 0 Å². The van der Waals surface area contributed by atoms with Crippen molar-refractivity contribution in [3.05, 3.63) is 52.7 Å². The number of hydrogen-bond acceptors (Lipinski definition) is 7. The minimum absolute atomic E-state index is 0.0437. The summed E-state index contributed by atoms with van der Waals surface area (Å²) in [6, 6.07) is 9.70. The Morgan fingerprint density at radius 3 is 2.80 bits per heavy atom. The van der Waals surface area contributed by atoms with E-state index in [2.05, 4.69) is 15.0 Å². The molecule has 0 aliphatic carbocycles. The second kappa shape index (κ2) is 9.40. The van der Waals surface area contributed by atoms with E-state index in [1.807, 2.05) is 47.5 Å². The molecule has 0 atom stereocenters. The zero-order valence-corrected chi connectivity index (χ0v) is 18.2. The van der Waals surface area contributed by atoms with Gasteiger partial charge in [-0.3, -0.25) is 9.69 Å². The molecule has 0 N–H and O–H groups in total. The predicted molar refractivity (Wildman–Crippen MR) is 116 cm³/mol. The van der Waals surface area contributed by atoms with Crippen molar-refractivity contribution in [1.82, 2.24) is 19.9 Å². The fourth-order valence-electron chi connectivity index (χ4n) is 3.65. The van der Waals surface area contributed by atoms with Crippen LogP contribution in [0.1, 0.15) is 28.2 Å². The van der Waals surface area contributed by atoms with Gasteiger partial charge in [-0.05, 0) is 43.5 Å². The van der Waals surface area contributed by atoms with Crippen molar-refractivity contribution in [3.8, 4) is 16.5 Å². The number of thiophene rings is 1. The van der Waals surface area contributed by atoms with Crippen LogP contribution in [-0.4, -0.2) is 65.7 Å². The van der Waals surface area contributed by atoms with Crippen LogP contribution in [0.5, 0.6) is 5.75 Å². The van der Waals surface area contributed by atoms with Crippen LogP contribution in [0.3, 0.4) is 0 Å². The normalized spacial score (nSPS) is 14.8. The van der Waals surface area contributed by atoms with Gasteiger partial charge in [-0.1, -0.05) is 22.9 Å². The molecular weight excluding hydrogens is 400 g/mol. The van der Waals surface area contributed by atoms with Crippen LogP contribution in [-0.2, 0) is 6.42 Å². The molecule has 4 rings (SSSR count). The van der Waals surface area contributed by atoms with Gasteiger partial charge in [-0.25, -0.2) is 0 Å². The molecule has 1 aromatic carbocycles. The second-order valence-corrected chi connectivity index (χ2v) is 8.38. The fourth-order valence-corrected chi connectivity index (χ4v) is 4.30. The zero-order chi connectivity index (χ0) is 20.9. The number of rotatable bonds is 7. The maximum atomic E-state index is 12.9. The maximum absolute atomic E-state index is 12.9. The summed E-state index contributed by atoms with van der Waals surface area (Å²) in [5.41, 5.74) is 1.70. The number of hydrogen-bond donors (Lipinski definition) is 0. The summed E-state index contributed by atoms with van der Waals surface area (Å²) >= 11 is 1.61. The summed E-state index contributed by atoms with van der Waals surface area (Å²) in [5.74, 6) is 2.02. The fraction of sp³-hybridized carbons (Fsp3) is 0.409. The number of aromatic nitrogens is 2. The summed E-state index contributed by atoms with van der Waals surface area (Å²) in [6.07, 6.45) is 1.71. The first kappa shape index (κ1) is 20.6. The number of carbonyl (C=O) groups excluding carboxylic acids is 1. The maximum Gasteiger partial charge on any atom is 0.257 e. The van der Waals surface area contributed by atoms with Crippen molar-refractivity contribution < 1.29 is 14.1 Å². The molecule has 3 heterocycles. The van der Waals surface area contributed by atoms with E-state index in [1.165, 1.54) is 0 Å². The molecule has 1 fully saturated rings. The average Bonchev–Trinajstić information content (AvgIpc) is 3.46. The molecule has 1 aliphatic rings. The summed E-state index contributed by atoms with van der Waals surface area (Å²) in [4.78, 5) is 22.7. The molecule has 8 heteroatoms. The summed E-state index contributed by atoms with van der Waals surface area (Å²) in [5, 5.41) is 6.06. The van der Waals surface area contributed by atoms with E-state index in [9.17, 15) is 4.79 Å². The lowest BCUT2D eigenvalue weighted by Crippen LogP contribution is -2.49. The standard InChI is InChI=1S/C22H26N4O3S/c1-16-7-8-18(28-2)17(15-16)22(27)26-12-10-25(11-13-26)9-3-6-20-23-21(24-29-20)19-5-4-14-30-19/h4-5,7-8,14-15H,3,6,9-13H2,1-2H3. The first-order valence-electron chi connectivity index (χ1n) is 10.2. The highest BCUT2D eigenvalue weighted by molar-refractivity contribution is 7.13. The van der Waals surface area contributed by atoms with Crippen LogP contribution in [0.2, 0.25) is 0 Å². The van der Waals surface area contributed by atoms with Gasteiger partial charge in [-0.2, -0.15) is 4.98 Å². The third-order valence-electron chi connectivity index (χ3n) is 5.32. The van der Waals surface area contributed by atoms with Gasteiger partial charge in [0.25, 0.3) is 5.91 Å². The smallest absolute Gasteiger partial charge is 0.257 e. The Labute approximate surface area is 180 Å². The second-order valence-electron chi connectivity index (χ2n) is 7.43. The molecule has 158 valence electrons. The van der Waals surface area contributed by atoms with Crippen molar-refractivity contribution in [2.24, 2.45) is 0 Å². The third-order valence-corrected chi connectivity index (χ3v) is 6.19.